The van der Waals surface area contributed by atoms with Gasteiger partial charge >= 0.3 is 12.4 Å². The van der Waals surface area contributed by atoms with Crippen LogP contribution in [0.3, 0.4) is 0 Å². The van der Waals surface area contributed by atoms with Crippen LogP contribution in [0.15, 0.2) is 23.2 Å². The SMILES string of the molecule is CCN=C(Nc1ccc(C#N)c(C(F)(F)F)c1)C1(C)CC(C(F)(F)F)NN1. The Morgan fingerprint density at radius 2 is 2.00 bits per heavy atom. The number of aliphatic imine (C=N–C) groups is 1. The molecule has 2 atom stereocenters. The molecule has 1 aliphatic heterocycles. The van der Waals surface area contributed by atoms with Gasteiger partial charge in [0.15, 0.2) is 0 Å². The molecule has 148 valence electrons. The molecule has 3 N–H and O–H groups in total. The summed E-state index contributed by atoms with van der Waals surface area (Å²) in [5, 5.41) is 11.5. The lowest BCUT2D eigenvalue weighted by molar-refractivity contribution is -0.153. The molecule has 1 aromatic carbocycles. The van der Waals surface area contributed by atoms with Crippen LogP contribution in [-0.4, -0.2) is 30.1 Å². The molecule has 2 unspecified atom stereocenters. The third kappa shape index (κ3) is 4.70. The molecule has 0 saturated carbocycles. The van der Waals surface area contributed by atoms with E-state index in [4.69, 9.17) is 5.26 Å². The van der Waals surface area contributed by atoms with Crippen molar-refractivity contribution in [1.29, 1.82) is 5.26 Å². The number of anilines is 1. The predicted molar refractivity (Wildman–Crippen MR) is 86.9 cm³/mol. The first-order valence-corrected chi connectivity index (χ1v) is 7.93. The highest BCUT2D eigenvalue weighted by atomic mass is 19.4. The van der Waals surface area contributed by atoms with E-state index < -0.39 is 41.5 Å². The first-order chi connectivity index (χ1) is 12.4. The summed E-state index contributed by atoms with van der Waals surface area (Å²) in [5.41, 5.74) is 1.67. The zero-order valence-corrected chi connectivity index (χ0v) is 14.4. The van der Waals surface area contributed by atoms with Gasteiger partial charge in [0.25, 0.3) is 0 Å². The lowest BCUT2D eigenvalue weighted by Crippen LogP contribution is -2.51. The van der Waals surface area contributed by atoms with Crippen LogP contribution in [0.5, 0.6) is 0 Å². The first-order valence-electron chi connectivity index (χ1n) is 7.93. The van der Waals surface area contributed by atoms with Gasteiger partial charge in [-0.1, -0.05) is 0 Å². The summed E-state index contributed by atoms with van der Waals surface area (Å²) in [6.07, 6.45) is -9.63. The largest absolute Gasteiger partial charge is 0.417 e. The number of hydrogen-bond donors (Lipinski definition) is 3. The van der Waals surface area contributed by atoms with Gasteiger partial charge in [-0.3, -0.25) is 4.99 Å². The lowest BCUT2D eigenvalue weighted by atomic mass is 9.94. The van der Waals surface area contributed by atoms with Crippen LogP contribution in [0.1, 0.15) is 31.4 Å². The van der Waals surface area contributed by atoms with Crippen LogP contribution in [0.2, 0.25) is 0 Å². The number of hydrogen-bond acceptors (Lipinski definition) is 4. The number of hydrazine groups is 1. The number of nitrogens with zero attached hydrogens (tertiary/aromatic N) is 2. The van der Waals surface area contributed by atoms with Gasteiger partial charge in [-0.15, -0.1) is 0 Å². The summed E-state index contributed by atoms with van der Waals surface area (Å²) < 4.78 is 78.1. The summed E-state index contributed by atoms with van der Waals surface area (Å²) >= 11 is 0. The molecule has 0 bridgehead atoms. The Kier molecular flexibility index (Phi) is 5.72. The molecule has 27 heavy (non-hydrogen) atoms. The van der Waals surface area contributed by atoms with E-state index in [1.165, 1.54) is 19.1 Å². The Hall–Kier alpha value is -2.32. The van der Waals surface area contributed by atoms with Crippen molar-refractivity contribution >= 4 is 11.5 Å². The van der Waals surface area contributed by atoms with E-state index in [1.807, 2.05) is 0 Å². The molecule has 1 aliphatic rings. The van der Waals surface area contributed by atoms with E-state index in [2.05, 4.69) is 21.2 Å². The molecule has 1 aromatic rings. The number of alkyl halides is 6. The number of amidine groups is 1. The Labute approximate surface area is 151 Å². The summed E-state index contributed by atoms with van der Waals surface area (Å²) in [5.74, 6) is 0.0575. The second-order valence-electron chi connectivity index (χ2n) is 6.22. The summed E-state index contributed by atoms with van der Waals surface area (Å²) in [6.45, 7) is 3.31. The molecular formula is C16H17F6N5. The zero-order chi connectivity index (χ0) is 20.5. The lowest BCUT2D eigenvalue weighted by Gasteiger charge is -2.27. The maximum absolute atomic E-state index is 13.1. The van der Waals surface area contributed by atoms with Crippen LogP contribution in [-0.2, 0) is 6.18 Å². The zero-order valence-electron chi connectivity index (χ0n) is 14.4. The monoisotopic (exact) mass is 393 g/mol. The average molecular weight is 393 g/mol. The van der Waals surface area contributed by atoms with Crippen molar-refractivity contribution in [3.05, 3.63) is 29.3 Å². The third-order valence-corrected chi connectivity index (χ3v) is 4.08. The summed E-state index contributed by atoms with van der Waals surface area (Å²) in [4.78, 5) is 4.11. The topological polar surface area (TPSA) is 72.2 Å². The summed E-state index contributed by atoms with van der Waals surface area (Å²) in [6, 6.07) is 2.62. The van der Waals surface area contributed by atoms with Crippen molar-refractivity contribution in [2.75, 3.05) is 11.9 Å². The van der Waals surface area contributed by atoms with Gasteiger partial charge in [0.2, 0.25) is 0 Å². The van der Waals surface area contributed by atoms with Gasteiger partial charge in [-0.25, -0.2) is 10.9 Å². The van der Waals surface area contributed by atoms with E-state index in [0.717, 1.165) is 12.1 Å². The minimum Gasteiger partial charge on any atom is -0.342 e. The smallest absolute Gasteiger partial charge is 0.342 e. The summed E-state index contributed by atoms with van der Waals surface area (Å²) in [7, 11) is 0. The number of rotatable bonds is 3. The molecule has 5 nitrogen and oxygen atoms in total. The highest BCUT2D eigenvalue weighted by Crippen LogP contribution is 2.35. The van der Waals surface area contributed by atoms with Crippen molar-refractivity contribution in [2.24, 2.45) is 4.99 Å². The molecule has 0 aromatic heterocycles. The van der Waals surface area contributed by atoms with Crippen LogP contribution >= 0.6 is 0 Å². The second kappa shape index (κ2) is 7.36. The standard InChI is InChI=1S/C16H17F6N5/c1-3-24-13(14(2)7-12(26-27-14)16(20,21)22)25-10-5-4-9(8-23)11(6-10)15(17,18)19/h4-6,12,26-27H,3,7H2,1-2H3,(H,24,25). The van der Waals surface area contributed by atoms with Crippen molar-refractivity contribution < 1.29 is 26.3 Å². The van der Waals surface area contributed by atoms with Gasteiger partial charge in [0, 0.05) is 12.2 Å². The predicted octanol–water partition coefficient (Wildman–Crippen LogP) is 3.59. The normalized spacial score (nSPS) is 24.0. The number of nitriles is 1. The molecule has 0 radical (unpaired) electrons. The molecule has 0 aliphatic carbocycles. The second-order valence-corrected chi connectivity index (χ2v) is 6.22. The fraction of sp³-hybridized carbons (Fsp3) is 0.500. The Morgan fingerprint density at radius 3 is 2.48 bits per heavy atom. The van der Waals surface area contributed by atoms with E-state index in [1.54, 1.807) is 6.92 Å². The number of benzene rings is 1. The molecule has 0 spiro atoms. The molecule has 2 rings (SSSR count). The van der Waals surface area contributed by atoms with Gasteiger partial charge in [0.1, 0.15) is 11.9 Å². The van der Waals surface area contributed by atoms with Crippen LogP contribution in [0, 0.1) is 11.3 Å². The maximum atomic E-state index is 13.1. The van der Waals surface area contributed by atoms with Gasteiger partial charge in [-0.05, 0) is 38.5 Å². The average Bonchev–Trinajstić information content (AvgIpc) is 2.97. The van der Waals surface area contributed by atoms with E-state index in [0.29, 0.717) is 0 Å². The Morgan fingerprint density at radius 1 is 1.33 bits per heavy atom. The van der Waals surface area contributed by atoms with Crippen LogP contribution in [0.4, 0.5) is 32.0 Å². The molecular weight excluding hydrogens is 376 g/mol. The molecule has 1 fully saturated rings. The number of nitrogens with one attached hydrogen (secondary N) is 3. The first kappa shape index (κ1) is 21.0. The van der Waals surface area contributed by atoms with Gasteiger partial charge in [0.05, 0.1) is 22.7 Å². The fourth-order valence-electron chi connectivity index (χ4n) is 2.71. The van der Waals surface area contributed by atoms with Crippen molar-refractivity contribution in [1.82, 2.24) is 10.9 Å². The van der Waals surface area contributed by atoms with Gasteiger partial charge < -0.3 is 5.32 Å². The minimum atomic E-state index is -4.75. The third-order valence-electron chi connectivity index (χ3n) is 4.08. The van der Waals surface area contributed by atoms with Crippen molar-refractivity contribution in [2.45, 2.75) is 44.2 Å². The van der Waals surface area contributed by atoms with E-state index >= 15 is 0 Å². The Balaban J connectivity index is 2.33. The molecule has 0 amide bonds. The molecule has 1 heterocycles. The minimum absolute atomic E-state index is 0.0352. The highest BCUT2D eigenvalue weighted by molar-refractivity contribution is 6.02. The van der Waals surface area contributed by atoms with Gasteiger partial charge in [-0.2, -0.15) is 31.6 Å². The quantitative estimate of drug-likeness (QED) is 0.417. The van der Waals surface area contributed by atoms with E-state index in [-0.39, 0.29) is 18.1 Å². The van der Waals surface area contributed by atoms with E-state index in [9.17, 15) is 26.3 Å². The Bertz CT molecular complexity index is 764. The van der Waals surface area contributed by atoms with Crippen molar-refractivity contribution in [3.8, 4) is 6.07 Å². The van der Waals surface area contributed by atoms with Crippen LogP contribution in [0.25, 0.3) is 0 Å². The highest BCUT2D eigenvalue weighted by Gasteiger charge is 2.50. The van der Waals surface area contributed by atoms with Crippen molar-refractivity contribution in [3.63, 3.8) is 0 Å². The molecule has 11 heteroatoms. The fourth-order valence-corrected chi connectivity index (χ4v) is 2.71. The maximum Gasteiger partial charge on any atom is 0.417 e. The molecule has 1 saturated heterocycles. The number of halogens is 6. The van der Waals surface area contributed by atoms with Crippen LogP contribution < -0.4 is 16.2 Å².